The highest BCUT2D eigenvalue weighted by Gasteiger charge is 2.15. The number of nitrogens with one attached hydrogen (secondary N) is 3. The van der Waals surface area contributed by atoms with Gasteiger partial charge in [0.25, 0.3) is 0 Å². The lowest BCUT2D eigenvalue weighted by molar-refractivity contribution is -0.136. The van der Waals surface area contributed by atoms with E-state index in [1.165, 1.54) is 7.11 Å². The van der Waals surface area contributed by atoms with Crippen molar-refractivity contribution >= 4 is 29.1 Å². The van der Waals surface area contributed by atoms with Gasteiger partial charge < -0.3 is 20.7 Å². The molecule has 0 radical (unpaired) electrons. The minimum atomic E-state index is -0.890. The molecule has 136 valence electrons. The highest BCUT2D eigenvalue weighted by Crippen LogP contribution is 2.22. The van der Waals surface area contributed by atoms with Crippen molar-refractivity contribution in [2.24, 2.45) is 0 Å². The smallest absolute Gasteiger partial charge is 0.313 e. The van der Waals surface area contributed by atoms with Gasteiger partial charge in [0.2, 0.25) is 5.91 Å². The number of carbonyl (C=O) groups excluding carboxylic acids is 3. The monoisotopic (exact) mass is 355 g/mol. The molecule has 0 unspecified atom stereocenters. The summed E-state index contributed by atoms with van der Waals surface area (Å²) < 4.78 is 5.13. The summed E-state index contributed by atoms with van der Waals surface area (Å²) in [6.45, 7) is 3.53. The number of ether oxygens (including phenoxy) is 1. The largest absolute Gasteiger partial charge is 0.495 e. The van der Waals surface area contributed by atoms with Gasteiger partial charge in [-0.15, -0.1) is 0 Å². The zero-order valence-electron chi connectivity index (χ0n) is 14.9. The summed E-state index contributed by atoms with van der Waals surface area (Å²) in [7, 11) is 1.49. The van der Waals surface area contributed by atoms with E-state index >= 15 is 0 Å². The minimum absolute atomic E-state index is 0.336. The number of para-hydroxylation sites is 2. The van der Waals surface area contributed by atoms with Crippen LogP contribution in [0.4, 0.5) is 11.4 Å². The van der Waals surface area contributed by atoms with Crippen LogP contribution in [0.15, 0.2) is 42.5 Å². The van der Waals surface area contributed by atoms with Crippen molar-refractivity contribution in [2.75, 3.05) is 24.3 Å². The molecule has 26 heavy (non-hydrogen) atoms. The molecule has 7 nitrogen and oxygen atoms in total. The molecular formula is C19H21N3O4. The Hall–Kier alpha value is -3.35. The van der Waals surface area contributed by atoms with Crippen molar-refractivity contribution in [1.82, 2.24) is 5.32 Å². The first-order valence-electron chi connectivity index (χ1n) is 8.00. The summed E-state index contributed by atoms with van der Waals surface area (Å²) in [6.07, 6.45) is 0. The van der Waals surface area contributed by atoms with Gasteiger partial charge in [-0.25, -0.2) is 0 Å². The predicted octanol–water partition coefficient (Wildman–Crippen LogP) is 2.01. The zero-order valence-corrected chi connectivity index (χ0v) is 14.9. The standard InChI is InChI=1S/C19H21N3O4/c1-12-8-9-14(10-13(12)2)21-19(25)18(24)20-11-17(23)22-15-6-4-5-7-16(15)26-3/h4-10H,11H2,1-3H3,(H,20,24)(H,21,25)(H,22,23). The molecule has 0 saturated heterocycles. The SMILES string of the molecule is COc1ccccc1NC(=O)CNC(=O)C(=O)Nc1ccc(C)c(C)c1. The Morgan fingerprint density at radius 1 is 0.923 bits per heavy atom. The lowest BCUT2D eigenvalue weighted by Crippen LogP contribution is -2.39. The van der Waals surface area contributed by atoms with Crippen molar-refractivity contribution < 1.29 is 19.1 Å². The molecule has 7 heteroatoms. The molecule has 3 N–H and O–H groups in total. The molecule has 2 rings (SSSR count). The van der Waals surface area contributed by atoms with Crippen molar-refractivity contribution in [1.29, 1.82) is 0 Å². The fourth-order valence-corrected chi connectivity index (χ4v) is 2.19. The molecule has 0 heterocycles. The molecule has 0 aliphatic heterocycles. The Morgan fingerprint density at radius 2 is 1.65 bits per heavy atom. The third-order valence-electron chi connectivity index (χ3n) is 3.76. The lowest BCUT2D eigenvalue weighted by atomic mass is 10.1. The zero-order chi connectivity index (χ0) is 19.1. The van der Waals surface area contributed by atoms with E-state index in [9.17, 15) is 14.4 Å². The maximum atomic E-state index is 11.9. The van der Waals surface area contributed by atoms with Gasteiger partial charge in [-0.05, 0) is 49.2 Å². The second-order valence-electron chi connectivity index (χ2n) is 5.68. The first-order chi connectivity index (χ1) is 12.4. The molecule has 3 amide bonds. The first-order valence-corrected chi connectivity index (χ1v) is 8.00. The number of hydrogen-bond donors (Lipinski definition) is 3. The summed E-state index contributed by atoms with van der Waals surface area (Å²) in [4.78, 5) is 35.7. The van der Waals surface area contributed by atoms with Gasteiger partial charge in [0, 0.05) is 5.69 Å². The summed E-state index contributed by atoms with van der Waals surface area (Å²) in [5.41, 5.74) is 3.08. The summed E-state index contributed by atoms with van der Waals surface area (Å²) in [5, 5.41) is 7.39. The van der Waals surface area contributed by atoms with E-state index in [1.54, 1.807) is 36.4 Å². The highest BCUT2D eigenvalue weighted by atomic mass is 16.5. The van der Waals surface area contributed by atoms with Crippen LogP contribution in [0.5, 0.6) is 5.75 Å². The third-order valence-corrected chi connectivity index (χ3v) is 3.76. The van der Waals surface area contributed by atoms with E-state index in [-0.39, 0.29) is 6.54 Å². The Kier molecular flexibility index (Phi) is 6.32. The van der Waals surface area contributed by atoms with E-state index in [2.05, 4.69) is 16.0 Å². The average Bonchev–Trinajstić information content (AvgIpc) is 2.63. The van der Waals surface area contributed by atoms with E-state index in [4.69, 9.17) is 4.74 Å². The fraction of sp³-hybridized carbons (Fsp3) is 0.211. The molecule has 0 bridgehead atoms. The Balaban J connectivity index is 1.86. The molecule has 0 aliphatic carbocycles. The van der Waals surface area contributed by atoms with E-state index in [0.717, 1.165) is 11.1 Å². The quantitative estimate of drug-likeness (QED) is 0.715. The molecule has 0 fully saturated rings. The van der Waals surface area contributed by atoms with Crippen LogP contribution in [0.2, 0.25) is 0 Å². The van der Waals surface area contributed by atoms with Crippen LogP contribution >= 0.6 is 0 Å². The number of rotatable bonds is 5. The summed E-state index contributed by atoms with van der Waals surface area (Å²) in [5.74, 6) is -1.70. The van der Waals surface area contributed by atoms with Crippen molar-refractivity contribution in [3.05, 3.63) is 53.6 Å². The maximum Gasteiger partial charge on any atom is 0.313 e. The van der Waals surface area contributed by atoms with Crippen LogP contribution in [0, 0.1) is 13.8 Å². The third kappa shape index (κ3) is 5.07. The summed E-state index contributed by atoms with van der Waals surface area (Å²) in [6, 6.07) is 12.2. The van der Waals surface area contributed by atoms with Crippen LogP contribution in [0.3, 0.4) is 0 Å². The van der Waals surface area contributed by atoms with Gasteiger partial charge in [0.15, 0.2) is 0 Å². The molecule has 0 aromatic heterocycles. The second kappa shape index (κ2) is 8.66. The normalized spacial score (nSPS) is 9.96. The van der Waals surface area contributed by atoms with Crippen molar-refractivity contribution in [3.63, 3.8) is 0 Å². The molecule has 0 saturated carbocycles. The van der Waals surface area contributed by atoms with Crippen LogP contribution in [-0.2, 0) is 14.4 Å². The second-order valence-corrected chi connectivity index (χ2v) is 5.68. The minimum Gasteiger partial charge on any atom is -0.495 e. The van der Waals surface area contributed by atoms with Gasteiger partial charge in [-0.1, -0.05) is 18.2 Å². The fourth-order valence-electron chi connectivity index (χ4n) is 2.19. The molecule has 0 spiro atoms. The predicted molar refractivity (Wildman–Crippen MR) is 99.2 cm³/mol. The van der Waals surface area contributed by atoms with Gasteiger partial charge in [-0.3, -0.25) is 14.4 Å². The molecule has 2 aromatic rings. The van der Waals surface area contributed by atoms with Crippen molar-refractivity contribution in [3.8, 4) is 5.75 Å². The van der Waals surface area contributed by atoms with Crippen molar-refractivity contribution in [2.45, 2.75) is 13.8 Å². The number of amides is 3. The first kappa shape index (κ1) is 19.0. The maximum absolute atomic E-state index is 11.9. The number of carbonyl (C=O) groups is 3. The van der Waals surface area contributed by atoms with Gasteiger partial charge in [0.1, 0.15) is 5.75 Å². The number of benzene rings is 2. The topological polar surface area (TPSA) is 96.5 Å². The highest BCUT2D eigenvalue weighted by molar-refractivity contribution is 6.39. The number of hydrogen-bond acceptors (Lipinski definition) is 4. The Bertz CT molecular complexity index is 833. The number of anilines is 2. The van der Waals surface area contributed by atoms with Crippen LogP contribution < -0.4 is 20.7 Å². The lowest BCUT2D eigenvalue weighted by Gasteiger charge is -2.10. The van der Waals surface area contributed by atoms with Crippen LogP contribution in [0.25, 0.3) is 0 Å². The summed E-state index contributed by atoms with van der Waals surface area (Å²) >= 11 is 0. The number of aryl methyl sites for hydroxylation is 2. The number of methoxy groups -OCH3 is 1. The molecular weight excluding hydrogens is 334 g/mol. The van der Waals surface area contributed by atoms with Gasteiger partial charge >= 0.3 is 11.8 Å². The van der Waals surface area contributed by atoms with Crippen LogP contribution in [0.1, 0.15) is 11.1 Å². The Labute approximate surface area is 151 Å². The van der Waals surface area contributed by atoms with Gasteiger partial charge in [0.05, 0.1) is 19.3 Å². The van der Waals surface area contributed by atoms with Gasteiger partial charge in [-0.2, -0.15) is 0 Å². The molecule has 0 aliphatic rings. The Morgan fingerprint density at radius 3 is 2.35 bits per heavy atom. The van der Waals surface area contributed by atoms with E-state index < -0.39 is 17.7 Å². The average molecular weight is 355 g/mol. The van der Waals surface area contributed by atoms with E-state index in [1.807, 2.05) is 19.9 Å². The molecule has 0 atom stereocenters. The van der Waals surface area contributed by atoms with E-state index in [0.29, 0.717) is 17.1 Å². The van der Waals surface area contributed by atoms with Crippen LogP contribution in [-0.4, -0.2) is 31.4 Å². The molecule has 2 aromatic carbocycles.